The first-order chi connectivity index (χ1) is 7.03. The van der Waals surface area contributed by atoms with Gasteiger partial charge < -0.3 is 9.84 Å². The van der Waals surface area contributed by atoms with Gasteiger partial charge in [0.15, 0.2) is 0 Å². The second-order valence-electron chi connectivity index (χ2n) is 4.69. The van der Waals surface area contributed by atoms with Crippen LogP contribution in [0.1, 0.15) is 31.9 Å². The molecule has 0 saturated heterocycles. The van der Waals surface area contributed by atoms with E-state index in [1.165, 1.54) is 5.56 Å². The van der Waals surface area contributed by atoms with Gasteiger partial charge in [-0.15, -0.1) is 0 Å². The normalized spacial score (nSPS) is 18.5. The van der Waals surface area contributed by atoms with E-state index in [-0.39, 0.29) is 5.92 Å². The monoisotopic (exact) mass is 206 g/mol. The Bertz CT molecular complexity index is 367. The Labute approximate surface area is 90.9 Å². The summed E-state index contributed by atoms with van der Waals surface area (Å²) < 4.78 is 5.61. The summed E-state index contributed by atoms with van der Waals surface area (Å²) in [5.41, 5.74) is 1.33. The molecule has 2 heteroatoms. The quantitative estimate of drug-likeness (QED) is 0.805. The second-order valence-corrected chi connectivity index (χ2v) is 4.69. The number of hydrogen-bond donors (Lipinski definition) is 1. The fourth-order valence-electron chi connectivity index (χ4n) is 1.92. The van der Waals surface area contributed by atoms with Crippen molar-refractivity contribution in [2.24, 2.45) is 5.92 Å². The lowest BCUT2D eigenvalue weighted by Crippen LogP contribution is -2.28. The van der Waals surface area contributed by atoms with Gasteiger partial charge in [0.25, 0.3) is 0 Å². The molecule has 1 unspecified atom stereocenters. The van der Waals surface area contributed by atoms with E-state index in [9.17, 15) is 5.11 Å². The molecule has 1 aromatic carbocycles. The van der Waals surface area contributed by atoms with E-state index in [1.807, 2.05) is 32.9 Å². The molecule has 0 radical (unpaired) electrons. The van der Waals surface area contributed by atoms with E-state index >= 15 is 0 Å². The molecule has 1 aliphatic rings. The van der Waals surface area contributed by atoms with Gasteiger partial charge in [0, 0.05) is 12.0 Å². The van der Waals surface area contributed by atoms with Crippen molar-refractivity contribution >= 4 is 0 Å². The number of benzene rings is 1. The maximum atomic E-state index is 10.4. The third-order valence-electron chi connectivity index (χ3n) is 3.38. The molecule has 0 saturated carbocycles. The van der Waals surface area contributed by atoms with Crippen LogP contribution in [0.2, 0.25) is 0 Å². The van der Waals surface area contributed by atoms with Crippen LogP contribution in [0.15, 0.2) is 18.2 Å². The van der Waals surface area contributed by atoms with Crippen molar-refractivity contribution in [1.82, 2.24) is 0 Å². The molecule has 15 heavy (non-hydrogen) atoms. The van der Waals surface area contributed by atoms with Gasteiger partial charge in [0.1, 0.15) is 5.75 Å². The predicted octanol–water partition coefficient (Wildman–Crippen LogP) is 2.49. The average Bonchev–Trinajstić information content (AvgIpc) is 2.64. The number of fused-ring (bicyclic) bond motifs is 1. The first-order valence-corrected chi connectivity index (χ1v) is 5.51. The predicted molar refractivity (Wildman–Crippen MR) is 60.0 cm³/mol. The maximum Gasteiger partial charge on any atom is 0.128 e. The van der Waals surface area contributed by atoms with Crippen molar-refractivity contribution in [1.29, 1.82) is 0 Å². The Morgan fingerprint density at radius 3 is 2.80 bits per heavy atom. The molecule has 1 aliphatic heterocycles. The van der Waals surface area contributed by atoms with Crippen molar-refractivity contribution in [2.75, 3.05) is 6.61 Å². The number of rotatable bonds is 2. The molecule has 2 nitrogen and oxygen atoms in total. The van der Waals surface area contributed by atoms with Crippen LogP contribution in [-0.2, 0) is 12.0 Å². The molecule has 0 amide bonds. The Morgan fingerprint density at radius 1 is 1.40 bits per heavy atom. The van der Waals surface area contributed by atoms with Gasteiger partial charge in [-0.05, 0) is 18.4 Å². The highest BCUT2D eigenvalue weighted by Crippen LogP contribution is 2.39. The zero-order valence-corrected chi connectivity index (χ0v) is 9.58. The van der Waals surface area contributed by atoms with Crippen LogP contribution < -0.4 is 4.74 Å². The first-order valence-electron chi connectivity index (χ1n) is 5.51. The van der Waals surface area contributed by atoms with Gasteiger partial charge in [0.05, 0.1) is 12.2 Å². The number of aliphatic hydroxyl groups is 1. The molecule has 0 aromatic heterocycles. The van der Waals surface area contributed by atoms with E-state index in [4.69, 9.17) is 4.74 Å². The minimum atomic E-state index is -0.810. The fourth-order valence-corrected chi connectivity index (χ4v) is 1.92. The van der Waals surface area contributed by atoms with Gasteiger partial charge in [-0.3, -0.25) is 0 Å². The summed E-state index contributed by atoms with van der Waals surface area (Å²) in [6, 6.07) is 6.03. The molecule has 0 bridgehead atoms. The molecule has 1 heterocycles. The van der Waals surface area contributed by atoms with Gasteiger partial charge in [-0.2, -0.15) is 0 Å². The second kappa shape index (κ2) is 3.53. The summed E-state index contributed by atoms with van der Waals surface area (Å²) in [5.74, 6) is 1.07. The van der Waals surface area contributed by atoms with Crippen LogP contribution in [0.4, 0.5) is 0 Å². The van der Waals surface area contributed by atoms with Gasteiger partial charge in [-0.25, -0.2) is 0 Å². The molecule has 82 valence electrons. The minimum Gasteiger partial charge on any atom is -0.493 e. The van der Waals surface area contributed by atoms with E-state index in [0.717, 1.165) is 24.3 Å². The molecular formula is C13H18O2. The third kappa shape index (κ3) is 1.63. The lowest BCUT2D eigenvalue weighted by atomic mass is 9.84. The van der Waals surface area contributed by atoms with Crippen LogP contribution in [0.3, 0.4) is 0 Å². The topological polar surface area (TPSA) is 29.5 Å². The molecule has 0 spiro atoms. The summed E-state index contributed by atoms with van der Waals surface area (Å²) in [4.78, 5) is 0. The molecule has 1 atom stereocenters. The van der Waals surface area contributed by atoms with E-state index < -0.39 is 5.60 Å². The minimum absolute atomic E-state index is 0.174. The highest BCUT2D eigenvalue weighted by Gasteiger charge is 2.32. The summed E-state index contributed by atoms with van der Waals surface area (Å²) in [5, 5.41) is 10.4. The molecule has 2 rings (SSSR count). The van der Waals surface area contributed by atoms with Crippen LogP contribution in [0.5, 0.6) is 5.75 Å². The van der Waals surface area contributed by atoms with Crippen molar-refractivity contribution in [3.8, 4) is 5.75 Å². The van der Waals surface area contributed by atoms with Crippen LogP contribution >= 0.6 is 0 Å². The van der Waals surface area contributed by atoms with Crippen molar-refractivity contribution < 1.29 is 9.84 Å². The third-order valence-corrected chi connectivity index (χ3v) is 3.38. The van der Waals surface area contributed by atoms with Crippen molar-refractivity contribution in [3.63, 3.8) is 0 Å². The summed E-state index contributed by atoms with van der Waals surface area (Å²) in [6.45, 7) is 6.64. The molecular weight excluding hydrogens is 188 g/mol. The van der Waals surface area contributed by atoms with Crippen LogP contribution in [0, 0.1) is 5.92 Å². The van der Waals surface area contributed by atoms with Gasteiger partial charge >= 0.3 is 0 Å². The fraction of sp³-hybridized carbons (Fsp3) is 0.538. The van der Waals surface area contributed by atoms with E-state index in [1.54, 1.807) is 0 Å². The van der Waals surface area contributed by atoms with Gasteiger partial charge in [0.2, 0.25) is 0 Å². The van der Waals surface area contributed by atoms with Gasteiger partial charge in [-0.1, -0.05) is 32.0 Å². The number of hydrogen-bond acceptors (Lipinski definition) is 2. The largest absolute Gasteiger partial charge is 0.493 e. The SMILES string of the molecule is CC(C)C(C)(O)c1cccc2c1OCC2. The molecule has 1 aromatic rings. The molecule has 0 aliphatic carbocycles. The highest BCUT2D eigenvalue weighted by molar-refractivity contribution is 5.46. The molecule has 1 N–H and O–H groups in total. The number of ether oxygens (including phenoxy) is 1. The molecule has 0 fully saturated rings. The Hall–Kier alpha value is -1.02. The number of para-hydroxylation sites is 1. The average molecular weight is 206 g/mol. The Morgan fingerprint density at radius 2 is 2.13 bits per heavy atom. The van der Waals surface area contributed by atoms with E-state index in [2.05, 4.69) is 6.07 Å². The van der Waals surface area contributed by atoms with E-state index in [0.29, 0.717) is 0 Å². The lowest BCUT2D eigenvalue weighted by molar-refractivity contribution is 0.00692. The summed E-state index contributed by atoms with van der Waals surface area (Å²) >= 11 is 0. The standard InChI is InChI=1S/C13H18O2/c1-9(2)13(3,14)11-6-4-5-10-7-8-15-12(10)11/h4-6,9,14H,7-8H2,1-3H3. The summed E-state index contributed by atoms with van der Waals surface area (Å²) in [7, 11) is 0. The Balaban J connectivity index is 2.49. The zero-order valence-electron chi connectivity index (χ0n) is 9.58. The highest BCUT2D eigenvalue weighted by atomic mass is 16.5. The zero-order chi connectivity index (χ0) is 11.1. The van der Waals surface area contributed by atoms with Crippen LogP contribution in [0.25, 0.3) is 0 Å². The first kappa shape index (κ1) is 10.5. The summed E-state index contributed by atoms with van der Waals surface area (Å²) in [6.07, 6.45) is 0.956. The van der Waals surface area contributed by atoms with Crippen molar-refractivity contribution in [3.05, 3.63) is 29.3 Å². The smallest absolute Gasteiger partial charge is 0.128 e. The van der Waals surface area contributed by atoms with Crippen LogP contribution in [-0.4, -0.2) is 11.7 Å². The van der Waals surface area contributed by atoms with Crippen molar-refractivity contribution in [2.45, 2.75) is 32.8 Å². The Kier molecular flexibility index (Phi) is 2.47. The maximum absolute atomic E-state index is 10.4. The lowest BCUT2D eigenvalue weighted by Gasteiger charge is -2.29.